The monoisotopic (exact) mass is 445 g/mol. The van der Waals surface area contributed by atoms with Crippen LogP contribution in [0.2, 0.25) is 20.2 Å². The van der Waals surface area contributed by atoms with Gasteiger partial charge in [-0.25, -0.2) is 9.97 Å². The number of benzene rings is 1. The summed E-state index contributed by atoms with van der Waals surface area (Å²) in [6.07, 6.45) is 1.71. The van der Waals surface area contributed by atoms with Crippen LogP contribution < -0.4 is 0 Å². The standard InChI is InChI=1S/C17H11Cl4N3OS/c18-11-12(19)14(23-15(21)13(11)20)17(25)24-7-3-5-9(24)16-22-8-4-1-2-6-10(8)26-16/h1-2,4,6,9H,3,5,7H2/t9-/m1/s1. The summed E-state index contributed by atoms with van der Waals surface area (Å²) in [4.78, 5) is 23.6. The maximum Gasteiger partial charge on any atom is 0.274 e. The normalized spacial score (nSPS) is 17.2. The first-order chi connectivity index (χ1) is 12.5. The number of likely N-dealkylation sites (tertiary alicyclic amines) is 1. The van der Waals surface area contributed by atoms with Crippen molar-refractivity contribution in [2.75, 3.05) is 6.54 Å². The highest BCUT2D eigenvalue weighted by atomic mass is 35.5. The molecule has 0 unspecified atom stereocenters. The Morgan fingerprint density at radius 2 is 1.85 bits per heavy atom. The number of hydrogen-bond donors (Lipinski definition) is 0. The van der Waals surface area contributed by atoms with Crippen molar-refractivity contribution in [2.45, 2.75) is 18.9 Å². The van der Waals surface area contributed by atoms with Crippen LogP contribution >= 0.6 is 57.7 Å². The van der Waals surface area contributed by atoms with Crippen molar-refractivity contribution in [3.63, 3.8) is 0 Å². The van der Waals surface area contributed by atoms with E-state index in [0.29, 0.717) is 6.54 Å². The maximum atomic E-state index is 13.1. The Labute approximate surface area is 173 Å². The molecule has 0 spiro atoms. The van der Waals surface area contributed by atoms with E-state index in [1.807, 2.05) is 24.3 Å². The molecule has 26 heavy (non-hydrogen) atoms. The third-order valence-corrected chi connectivity index (χ3v) is 7.11. The van der Waals surface area contributed by atoms with E-state index in [1.54, 1.807) is 16.2 Å². The SMILES string of the molecule is O=C(c1nc(Cl)c(Cl)c(Cl)c1Cl)N1CCC[C@@H]1c1nc2ccccc2s1. The van der Waals surface area contributed by atoms with E-state index in [-0.39, 0.29) is 37.9 Å². The number of thiazole rings is 1. The highest BCUT2D eigenvalue weighted by molar-refractivity contribution is 7.18. The molecule has 0 bridgehead atoms. The number of halogens is 4. The van der Waals surface area contributed by atoms with Crippen LogP contribution in [0, 0.1) is 0 Å². The van der Waals surface area contributed by atoms with Crippen molar-refractivity contribution in [1.82, 2.24) is 14.9 Å². The minimum absolute atomic E-state index is 0.0130. The number of aromatic nitrogens is 2. The van der Waals surface area contributed by atoms with E-state index in [4.69, 9.17) is 51.4 Å². The Bertz CT molecular complexity index is 990. The van der Waals surface area contributed by atoms with Gasteiger partial charge in [-0.3, -0.25) is 4.79 Å². The Morgan fingerprint density at radius 3 is 2.62 bits per heavy atom. The van der Waals surface area contributed by atoms with Crippen LogP contribution in [0.3, 0.4) is 0 Å². The maximum absolute atomic E-state index is 13.1. The first-order valence-electron chi connectivity index (χ1n) is 7.84. The minimum Gasteiger partial charge on any atom is -0.328 e. The Balaban J connectivity index is 1.71. The van der Waals surface area contributed by atoms with Gasteiger partial charge in [0.2, 0.25) is 0 Å². The van der Waals surface area contributed by atoms with Crippen molar-refractivity contribution in [1.29, 1.82) is 0 Å². The lowest BCUT2D eigenvalue weighted by Crippen LogP contribution is -2.31. The molecule has 1 aliphatic rings. The second-order valence-electron chi connectivity index (χ2n) is 5.87. The van der Waals surface area contributed by atoms with E-state index in [0.717, 1.165) is 28.1 Å². The van der Waals surface area contributed by atoms with Gasteiger partial charge in [-0.15, -0.1) is 11.3 Å². The van der Waals surface area contributed by atoms with Gasteiger partial charge < -0.3 is 4.90 Å². The highest BCUT2D eigenvalue weighted by Gasteiger charge is 2.35. The number of fused-ring (bicyclic) bond motifs is 1. The molecule has 3 heterocycles. The molecule has 1 aromatic carbocycles. The lowest BCUT2D eigenvalue weighted by Gasteiger charge is -2.23. The molecule has 1 fully saturated rings. The summed E-state index contributed by atoms with van der Waals surface area (Å²) in [5.41, 5.74) is 0.944. The summed E-state index contributed by atoms with van der Waals surface area (Å²) in [6.45, 7) is 0.593. The van der Waals surface area contributed by atoms with Gasteiger partial charge in [-0.2, -0.15) is 0 Å². The summed E-state index contributed by atoms with van der Waals surface area (Å²) in [6, 6.07) is 7.79. The van der Waals surface area contributed by atoms with Gasteiger partial charge in [0.1, 0.15) is 15.9 Å². The van der Waals surface area contributed by atoms with Crippen molar-refractivity contribution in [2.24, 2.45) is 0 Å². The molecular formula is C17H11Cl4N3OS. The van der Waals surface area contributed by atoms with Gasteiger partial charge in [0, 0.05) is 6.54 Å². The molecule has 134 valence electrons. The molecule has 2 aromatic heterocycles. The lowest BCUT2D eigenvalue weighted by molar-refractivity contribution is 0.0730. The fraction of sp³-hybridized carbons (Fsp3) is 0.235. The molecule has 0 radical (unpaired) electrons. The third-order valence-electron chi connectivity index (χ3n) is 4.30. The van der Waals surface area contributed by atoms with Crippen molar-refractivity contribution >= 4 is 73.9 Å². The zero-order valence-electron chi connectivity index (χ0n) is 13.2. The molecule has 4 nitrogen and oxygen atoms in total. The van der Waals surface area contributed by atoms with Crippen molar-refractivity contribution in [3.8, 4) is 0 Å². The fourth-order valence-corrected chi connectivity index (χ4v) is 4.99. The molecule has 0 aliphatic carbocycles. The molecule has 3 aromatic rings. The Kier molecular flexibility index (Phi) is 5.01. The predicted molar refractivity (Wildman–Crippen MR) is 107 cm³/mol. The van der Waals surface area contributed by atoms with Gasteiger partial charge in [0.15, 0.2) is 0 Å². The largest absolute Gasteiger partial charge is 0.328 e. The van der Waals surface area contributed by atoms with Gasteiger partial charge in [0.05, 0.1) is 31.3 Å². The van der Waals surface area contributed by atoms with Crippen LogP contribution in [0.5, 0.6) is 0 Å². The van der Waals surface area contributed by atoms with Crippen LogP contribution in [0.15, 0.2) is 24.3 Å². The van der Waals surface area contributed by atoms with Crippen LogP contribution in [-0.4, -0.2) is 27.3 Å². The molecule has 1 atom stereocenters. The first-order valence-corrected chi connectivity index (χ1v) is 10.2. The summed E-state index contributed by atoms with van der Waals surface area (Å²) in [5, 5.41) is 0.951. The molecule has 1 amide bonds. The molecule has 0 N–H and O–H groups in total. The highest BCUT2D eigenvalue weighted by Crippen LogP contribution is 2.40. The number of amides is 1. The molecule has 1 aliphatic heterocycles. The number of pyridine rings is 1. The first kappa shape index (κ1) is 18.3. The minimum atomic E-state index is -0.322. The average molecular weight is 447 g/mol. The second kappa shape index (κ2) is 7.13. The van der Waals surface area contributed by atoms with Gasteiger partial charge in [-0.1, -0.05) is 58.5 Å². The summed E-state index contributed by atoms with van der Waals surface area (Å²) in [5.74, 6) is -0.322. The number of carbonyl (C=O) groups is 1. The molecule has 4 rings (SSSR count). The lowest BCUT2D eigenvalue weighted by atomic mass is 10.2. The Hall–Kier alpha value is -1.11. The molecule has 1 saturated heterocycles. The number of rotatable bonds is 2. The predicted octanol–water partition coefficient (Wildman–Crippen LogP) is 6.28. The summed E-state index contributed by atoms with van der Waals surface area (Å²) < 4.78 is 1.09. The van der Waals surface area contributed by atoms with Crippen molar-refractivity contribution < 1.29 is 4.79 Å². The van der Waals surface area contributed by atoms with Gasteiger partial charge in [0.25, 0.3) is 5.91 Å². The van der Waals surface area contributed by atoms with Crippen LogP contribution in [0.4, 0.5) is 0 Å². The number of para-hydroxylation sites is 1. The van der Waals surface area contributed by atoms with E-state index in [9.17, 15) is 4.79 Å². The summed E-state index contributed by atoms with van der Waals surface area (Å²) in [7, 11) is 0. The fourth-order valence-electron chi connectivity index (χ4n) is 3.06. The second-order valence-corrected chi connectivity index (χ2v) is 8.42. The van der Waals surface area contributed by atoms with Crippen LogP contribution in [0.1, 0.15) is 34.4 Å². The number of nitrogens with zero attached hydrogens (tertiary/aromatic N) is 3. The van der Waals surface area contributed by atoms with E-state index in [2.05, 4.69) is 4.98 Å². The van der Waals surface area contributed by atoms with E-state index >= 15 is 0 Å². The third kappa shape index (κ3) is 3.06. The molecule has 0 saturated carbocycles. The van der Waals surface area contributed by atoms with E-state index < -0.39 is 0 Å². The number of hydrogen-bond acceptors (Lipinski definition) is 4. The number of carbonyl (C=O) groups excluding carboxylic acids is 1. The van der Waals surface area contributed by atoms with Gasteiger partial charge >= 0.3 is 0 Å². The van der Waals surface area contributed by atoms with Crippen LogP contribution in [-0.2, 0) is 0 Å². The summed E-state index contributed by atoms with van der Waals surface area (Å²) >= 11 is 25.8. The van der Waals surface area contributed by atoms with Crippen LogP contribution in [0.25, 0.3) is 10.2 Å². The van der Waals surface area contributed by atoms with E-state index in [1.165, 1.54) is 0 Å². The quantitative estimate of drug-likeness (QED) is 0.435. The smallest absolute Gasteiger partial charge is 0.274 e. The zero-order valence-corrected chi connectivity index (χ0v) is 17.0. The molecular weight excluding hydrogens is 436 g/mol. The van der Waals surface area contributed by atoms with Crippen molar-refractivity contribution in [3.05, 3.63) is 55.2 Å². The van der Waals surface area contributed by atoms with Gasteiger partial charge in [-0.05, 0) is 25.0 Å². The zero-order chi connectivity index (χ0) is 18.4. The topological polar surface area (TPSA) is 46.1 Å². The average Bonchev–Trinajstić information content (AvgIpc) is 3.28. The molecule has 9 heteroatoms. The Morgan fingerprint density at radius 1 is 1.08 bits per heavy atom.